The largest absolute Gasteiger partial charge is 0.326 e. The van der Waals surface area contributed by atoms with Crippen LogP contribution in [0.2, 0.25) is 0 Å². The number of hydrogen-bond donors (Lipinski definition) is 1. The van der Waals surface area contributed by atoms with Crippen LogP contribution >= 0.6 is 0 Å². The molecule has 0 aromatic carbocycles. The molecule has 0 spiro atoms. The zero-order valence-corrected chi connectivity index (χ0v) is 11.4. The van der Waals surface area contributed by atoms with E-state index in [2.05, 4.69) is 25.8 Å². The maximum Gasteiger partial charge on any atom is 0.0244 e. The number of nitrogens with zero attached hydrogens (tertiary/aromatic N) is 1. The fourth-order valence-corrected chi connectivity index (χ4v) is 3.18. The minimum Gasteiger partial charge on any atom is -0.326 e. The van der Waals surface area contributed by atoms with Gasteiger partial charge in [-0.2, -0.15) is 0 Å². The summed E-state index contributed by atoms with van der Waals surface area (Å²) in [5, 5.41) is 0. The molecule has 1 rings (SSSR count). The standard InChI is InChI=1S/C14H30N2/c1-4-9-13(15)14(5-2)16(3)12-10-7-6-8-11-12/h12-14H,4-11,15H2,1-3H3. The minimum atomic E-state index is 0.363. The molecule has 96 valence electrons. The average molecular weight is 226 g/mol. The molecule has 0 amide bonds. The molecule has 2 nitrogen and oxygen atoms in total. The van der Waals surface area contributed by atoms with Crippen LogP contribution < -0.4 is 5.73 Å². The monoisotopic (exact) mass is 226 g/mol. The lowest BCUT2D eigenvalue weighted by molar-refractivity contribution is 0.114. The van der Waals surface area contributed by atoms with Gasteiger partial charge in [-0.15, -0.1) is 0 Å². The molecule has 1 fully saturated rings. The van der Waals surface area contributed by atoms with Crippen molar-refractivity contribution in [3.05, 3.63) is 0 Å². The highest BCUT2D eigenvalue weighted by Crippen LogP contribution is 2.25. The first kappa shape index (κ1) is 14.0. The van der Waals surface area contributed by atoms with Crippen molar-refractivity contribution >= 4 is 0 Å². The Bertz CT molecular complexity index is 176. The zero-order chi connectivity index (χ0) is 12.0. The van der Waals surface area contributed by atoms with E-state index < -0.39 is 0 Å². The van der Waals surface area contributed by atoms with Crippen LogP contribution in [0.1, 0.15) is 65.2 Å². The zero-order valence-electron chi connectivity index (χ0n) is 11.4. The van der Waals surface area contributed by atoms with E-state index in [9.17, 15) is 0 Å². The Morgan fingerprint density at radius 1 is 1.19 bits per heavy atom. The highest BCUT2D eigenvalue weighted by molar-refractivity contribution is 4.84. The van der Waals surface area contributed by atoms with Crippen LogP contribution in [0.15, 0.2) is 0 Å². The molecule has 1 saturated carbocycles. The van der Waals surface area contributed by atoms with E-state index in [0.29, 0.717) is 12.1 Å². The first-order chi connectivity index (χ1) is 7.70. The molecule has 0 aromatic rings. The van der Waals surface area contributed by atoms with Gasteiger partial charge in [0.05, 0.1) is 0 Å². The third-order valence-electron chi connectivity index (χ3n) is 4.21. The molecule has 1 aliphatic carbocycles. The molecule has 0 bridgehead atoms. The van der Waals surface area contributed by atoms with Gasteiger partial charge in [0, 0.05) is 18.1 Å². The van der Waals surface area contributed by atoms with Crippen molar-refractivity contribution in [2.75, 3.05) is 7.05 Å². The maximum atomic E-state index is 6.30. The predicted molar refractivity (Wildman–Crippen MR) is 71.6 cm³/mol. The van der Waals surface area contributed by atoms with E-state index in [4.69, 9.17) is 5.73 Å². The topological polar surface area (TPSA) is 29.3 Å². The summed E-state index contributed by atoms with van der Waals surface area (Å²) in [6, 6.07) is 1.74. The molecule has 0 aliphatic heterocycles. The van der Waals surface area contributed by atoms with Gasteiger partial charge >= 0.3 is 0 Å². The second kappa shape index (κ2) is 7.29. The van der Waals surface area contributed by atoms with Gasteiger partial charge in [0.1, 0.15) is 0 Å². The Morgan fingerprint density at radius 3 is 2.31 bits per heavy atom. The molecule has 0 radical (unpaired) electrons. The van der Waals surface area contributed by atoms with Crippen molar-refractivity contribution in [3.63, 3.8) is 0 Å². The van der Waals surface area contributed by atoms with Gasteiger partial charge in [-0.3, -0.25) is 4.90 Å². The normalized spacial score (nSPS) is 22.3. The van der Waals surface area contributed by atoms with E-state index >= 15 is 0 Å². The van der Waals surface area contributed by atoms with Gasteiger partial charge in [-0.05, 0) is 32.7 Å². The molecular weight excluding hydrogens is 196 g/mol. The fraction of sp³-hybridized carbons (Fsp3) is 1.00. The van der Waals surface area contributed by atoms with Gasteiger partial charge in [-0.25, -0.2) is 0 Å². The van der Waals surface area contributed by atoms with Crippen LogP contribution in [0, 0.1) is 0 Å². The number of likely N-dealkylation sites (N-methyl/N-ethyl adjacent to an activating group) is 1. The van der Waals surface area contributed by atoms with Crippen LogP contribution in [0.25, 0.3) is 0 Å². The lowest BCUT2D eigenvalue weighted by Crippen LogP contribution is -2.50. The second-order valence-corrected chi connectivity index (χ2v) is 5.39. The number of nitrogens with two attached hydrogens (primary N) is 1. The predicted octanol–water partition coefficient (Wildman–Crippen LogP) is 3.16. The molecule has 1 aliphatic rings. The van der Waals surface area contributed by atoms with Crippen molar-refractivity contribution in [1.82, 2.24) is 4.90 Å². The van der Waals surface area contributed by atoms with Crippen LogP contribution in [0.4, 0.5) is 0 Å². The van der Waals surface area contributed by atoms with Crippen molar-refractivity contribution < 1.29 is 0 Å². The van der Waals surface area contributed by atoms with E-state index in [1.807, 2.05) is 0 Å². The summed E-state index contributed by atoms with van der Waals surface area (Å²) in [4.78, 5) is 2.58. The molecule has 2 N–H and O–H groups in total. The molecular formula is C14H30N2. The summed E-state index contributed by atoms with van der Waals surface area (Å²) in [5.74, 6) is 0. The summed E-state index contributed by atoms with van der Waals surface area (Å²) >= 11 is 0. The minimum absolute atomic E-state index is 0.363. The summed E-state index contributed by atoms with van der Waals surface area (Å²) < 4.78 is 0. The van der Waals surface area contributed by atoms with Gasteiger partial charge in [0.2, 0.25) is 0 Å². The van der Waals surface area contributed by atoms with E-state index in [0.717, 1.165) is 12.5 Å². The Labute approximate surface area is 102 Å². The summed E-state index contributed by atoms with van der Waals surface area (Å²) in [7, 11) is 2.29. The molecule has 16 heavy (non-hydrogen) atoms. The third kappa shape index (κ3) is 3.74. The summed E-state index contributed by atoms with van der Waals surface area (Å²) in [6.45, 7) is 4.51. The molecule has 2 unspecified atom stereocenters. The highest BCUT2D eigenvalue weighted by atomic mass is 15.2. The van der Waals surface area contributed by atoms with Crippen LogP contribution in [-0.4, -0.2) is 30.1 Å². The van der Waals surface area contributed by atoms with Gasteiger partial charge in [-0.1, -0.05) is 39.5 Å². The number of hydrogen-bond acceptors (Lipinski definition) is 2. The summed E-state index contributed by atoms with van der Waals surface area (Å²) in [6.07, 6.45) is 10.6. The molecule has 0 heterocycles. The van der Waals surface area contributed by atoms with E-state index in [1.165, 1.54) is 44.9 Å². The van der Waals surface area contributed by atoms with E-state index in [1.54, 1.807) is 0 Å². The average Bonchev–Trinajstić information content (AvgIpc) is 2.31. The van der Waals surface area contributed by atoms with Crippen molar-refractivity contribution in [2.24, 2.45) is 5.73 Å². The van der Waals surface area contributed by atoms with Gasteiger partial charge in [0.25, 0.3) is 0 Å². The van der Waals surface area contributed by atoms with Gasteiger partial charge < -0.3 is 5.73 Å². The van der Waals surface area contributed by atoms with Crippen molar-refractivity contribution in [1.29, 1.82) is 0 Å². The SMILES string of the molecule is CCCC(N)C(CC)N(C)C1CCCCC1. The van der Waals surface area contributed by atoms with Gasteiger partial charge in [0.15, 0.2) is 0 Å². The summed E-state index contributed by atoms with van der Waals surface area (Å²) in [5.41, 5.74) is 6.30. The second-order valence-electron chi connectivity index (χ2n) is 5.39. The first-order valence-corrected chi connectivity index (χ1v) is 7.18. The maximum absolute atomic E-state index is 6.30. The van der Waals surface area contributed by atoms with Crippen LogP contribution in [0.3, 0.4) is 0 Å². The molecule has 2 atom stereocenters. The van der Waals surface area contributed by atoms with E-state index in [-0.39, 0.29) is 0 Å². The quantitative estimate of drug-likeness (QED) is 0.754. The third-order valence-corrected chi connectivity index (χ3v) is 4.21. The van der Waals surface area contributed by atoms with Crippen molar-refractivity contribution in [3.8, 4) is 0 Å². The Kier molecular flexibility index (Phi) is 6.37. The fourth-order valence-electron chi connectivity index (χ4n) is 3.18. The Hall–Kier alpha value is -0.0800. The van der Waals surface area contributed by atoms with Crippen LogP contribution in [0.5, 0.6) is 0 Å². The smallest absolute Gasteiger partial charge is 0.0244 e. The lowest BCUT2D eigenvalue weighted by Gasteiger charge is -2.39. The molecule has 2 heteroatoms. The number of rotatable bonds is 6. The Morgan fingerprint density at radius 2 is 1.81 bits per heavy atom. The lowest BCUT2D eigenvalue weighted by atomic mass is 9.91. The highest BCUT2D eigenvalue weighted by Gasteiger charge is 2.26. The van der Waals surface area contributed by atoms with Crippen LogP contribution in [-0.2, 0) is 0 Å². The Balaban J connectivity index is 2.49. The molecule has 0 aromatic heterocycles. The molecule has 0 saturated heterocycles. The first-order valence-electron chi connectivity index (χ1n) is 7.18. The van der Waals surface area contributed by atoms with Crippen molar-refractivity contribution in [2.45, 2.75) is 83.3 Å².